The highest BCUT2D eigenvalue weighted by molar-refractivity contribution is 7.17. The molecule has 1 aliphatic heterocycles. The molecular weight excluding hydrogens is 569 g/mol. The number of aryl methyl sites for hydroxylation is 1. The maximum Gasteiger partial charge on any atom is 0.416 e. The summed E-state index contributed by atoms with van der Waals surface area (Å²) in [4.78, 5) is 34.7. The van der Waals surface area contributed by atoms with Gasteiger partial charge in [-0.2, -0.15) is 13.2 Å². The Hall–Kier alpha value is -4.49. The number of hydrogen-bond acceptors (Lipinski definition) is 8. The second kappa shape index (κ2) is 12.6. The molecule has 1 atom stereocenters. The van der Waals surface area contributed by atoms with Gasteiger partial charge in [0.15, 0.2) is 5.13 Å². The maximum absolute atomic E-state index is 13.6. The van der Waals surface area contributed by atoms with E-state index in [1.807, 2.05) is 6.07 Å². The van der Waals surface area contributed by atoms with Crippen molar-refractivity contribution < 1.29 is 27.5 Å². The molecule has 42 heavy (non-hydrogen) atoms. The molecule has 1 unspecified atom stereocenters. The number of carbonyl (C=O) groups excluding carboxylic acids is 2. The molecule has 2 aromatic carbocycles. The summed E-state index contributed by atoms with van der Waals surface area (Å²) in [6, 6.07) is 13.2. The summed E-state index contributed by atoms with van der Waals surface area (Å²) in [5.41, 5.74) is 0.235. The largest absolute Gasteiger partial charge is 0.492 e. The van der Waals surface area contributed by atoms with Crippen LogP contribution in [0.4, 0.5) is 35.5 Å². The Morgan fingerprint density at radius 2 is 1.93 bits per heavy atom. The van der Waals surface area contributed by atoms with Crippen molar-refractivity contribution in [3.05, 3.63) is 88.6 Å². The average Bonchev–Trinajstić information content (AvgIpc) is 3.66. The van der Waals surface area contributed by atoms with Gasteiger partial charge in [0.25, 0.3) is 11.8 Å². The Morgan fingerprint density at radius 1 is 1.07 bits per heavy atom. The van der Waals surface area contributed by atoms with Crippen LogP contribution in [0, 0.1) is 6.92 Å². The molecule has 0 aliphatic carbocycles. The number of amides is 2. The van der Waals surface area contributed by atoms with E-state index < -0.39 is 23.6 Å². The monoisotopic (exact) mass is 596 g/mol. The molecule has 4 aromatic rings. The number of ether oxygens (including phenoxy) is 1. The van der Waals surface area contributed by atoms with Crippen molar-refractivity contribution in [1.29, 1.82) is 0 Å². The normalized spacial score (nSPS) is 14.8. The van der Waals surface area contributed by atoms with Crippen molar-refractivity contribution in [2.24, 2.45) is 0 Å². The minimum absolute atomic E-state index is 0.0398. The highest BCUT2D eigenvalue weighted by atomic mass is 32.1. The van der Waals surface area contributed by atoms with Crippen LogP contribution >= 0.6 is 11.3 Å². The Morgan fingerprint density at radius 3 is 2.67 bits per heavy atom. The Labute approximate surface area is 243 Å². The third kappa shape index (κ3) is 7.42. The highest BCUT2D eigenvalue weighted by Crippen LogP contribution is 2.33. The van der Waals surface area contributed by atoms with Gasteiger partial charge >= 0.3 is 6.18 Å². The number of benzene rings is 2. The number of nitrogens with zero attached hydrogens (tertiary/aromatic N) is 2. The first-order valence-electron chi connectivity index (χ1n) is 13.1. The minimum Gasteiger partial charge on any atom is -0.492 e. The van der Waals surface area contributed by atoms with Gasteiger partial charge in [-0.05, 0) is 74.3 Å². The van der Waals surface area contributed by atoms with Gasteiger partial charge in [-0.15, -0.1) is 0 Å². The highest BCUT2D eigenvalue weighted by Gasteiger charge is 2.32. The molecule has 0 saturated carbocycles. The van der Waals surface area contributed by atoms with E-state index in [4.69, 9.17) is 4.74 Å². The first-order chi connectivity index (χ1) is 20.1. The lowest BCUT2D eigenvalue weighted by molar-refractivity contribution is -0.137. The van der Waals surface area contributed by atoms with Crippen LogP contribution < -0.4 is 26.0 Å². The number of thiazole rings is 1. The van der Waals surface area contributed by atoms with Gasteiger partial charge in [0.2, 0.25) is 0 Å². The molecule has 5 rings (SSSR count). The molecule has 1 saturated heterocycles. The zero-order valence-corrected chi connectivity index (χ0v) is 23.2. The van der Waals surface area contributed by atoms with E-state index in [1.54, 1.807) is 37.4 Å². The molecule has 4 N–H and O–H groups in total. The molecule has 1 aliphatic rings. The molecule has 2 aromatic heterocycles. The summed E-state index contributed by atoms with van der Waals surface area (Å²) in [5.74, 6) is -0.617. The molecule has 13 heteroatoms. The molecular formula is C29H27F3N6O3S. The summed E-state index contributed by atoms with van der Waals surface area (Å²) in [6.07, 6.45) is 0.239. The Bertz CT molecular complexity index is 1570. The van der Waals surface area contributed by atoms with Crippen LogP contribution in [-0.4, -0.2) is 41.0 Å². The van der Waals surface area contributed by atoms with Crippen LogP contribution in [0.1, 0.15) is 44.0 Å². The van der Waals surface area contributed by atoms with Crippen LogP contribution in [-0.2, 0) is 6.18 Å². The van der Waals surface area contributed by atoms with Crippen LogP contribution in [0.25, 0.3) is 0 Å². The number of aromatic nitrogens is 2. The van der Waals surface area contributed by atoms with Crippen molar-refractivity contribution in [2.75, 3.05) is 29.1 Å². The topological polar surface area (TPSA) is 117 Å². The summed E-state index contributed by atoms with van der Waals surface area (Å²) in [7, 11) is 0. The van der Waals surface area contributed by atoms with E-state index >= 15 is 0 Å². The van der Waals surface area contributed by atoms with E-state index in [2.05, 4.69) is 31.2 Å². The van der Waals surface area contributed by atoms with Gasteiger partial charge in [0, 0.05) is 29.2 Å². The fourth-order valence-electron chi connectivity index (χ4n) is 4.28. The third-order valence-electron chi connectivity index (χ3n) is 6.48. The molecule has 0 bridgehead atoms. The summed E-state index contributed by atoms with van der Waals surface area (Å²) >= 11 is 1.14. The van der Waals surface area contributed by atoms with Gasteiger partial charge < -0.3 is 26.0 Å². The van der Waals surface area contributed by atoms with Gasteiger partial charge in [-0.25, -0.2) is 9.97 Å². The quantitative estimate of drug-likeness (QED) is 0.181. The van der Waals surface area contributed by atoms with Gasteiger partial charge in [0.05, 0.1) is 11.8 Å². The van der Waals surface area contributed by atoms with E-state index in [0.29, 0.717) is 27.1 Å². The molecule has 218 valence electrons. The standard InChI is InChI=1S/C29H27F3N6O3S/c1-17-7-8-20(14-23(17)37-27(40)24-15-35-28(42-24)38-25-6-2-3-9-34-25)36-26(39)18-11-19(29(30,31)32)13-22(12-18)41-16-21-5-4-10-33-21/h2-3,6-9,11-15,21,33H,4-5,10,16H2,1H3,(H,36,39)(H,37,40)(H,34,35,38). The van der Waals surface area contributed by atoms with Crippen molar-refractivity contribution >= 4 is 45.5 Å². The van der Waals surface area contributed by atoms with E-state index in [-0.39, 0.29) is 29.6 Å². The number of nitrogens with one attached hydrogen (secondary N) is 4. The first kappa shape index (κ1) is 29.0. The fraction of sp³-hybridized carbons (Fsp3) is 0.241. The fourth-order valence-corrected chi connectivity index (χ4v) is 5.00. The van der Waals surface area contributed by atoms with Gasteiger partial charge in [-0.1, -0.05) is 23.5 Å². The number of alkyl halides is 3. The molecule has 2 amide bonds. The number of carbonyl (C=O) groups is 2. The second-order valence-electron chi connectivity index (χ2n) is 9.66. The van der Waals surface area contributed by atoms with Crippen LogP contribution in [0.5, 0.6) is 5.75 Å². The van der Waals surface area contributed by atoms with Crippen LogP contribution in [0.15, 0.2) is 67.0 Å². The van der Waals surface area contributed by atoms with Crippen molar-refractivity contribution in [1.82, 2.24) is 15.3 Å². The summed E-state index contributed by atoms with van der Waals surface area (Å²) in [5, 5.41) is 12.2. The van der Waals surface area contributed by atoms with Crippen LogP contribution in [0.3, 0.4) is 0 Å². The summed E-state index contributed by atoms with van der Waals surface area (Å²) < 4.78 is 46.4. The number of anilines is 4. The summed E-state index contributed by atoms with van der Waals surface area (Å²) in [6.45, 7) is 2.80. The second-order valence-corrected chi connectivity index (χ2v) is 10.7. The first-order valence-corrected chi connectivity index (χ1v) is 13.9. The molecule has 0 spiro atoms. The molecule has 0 radical (unpaired) electrons. The Kier molecular flexibility index (Phi) is 8.69. The Balaban J connectivity index is 1.28. The third-order valence-corrected chi connectivity index (χ3v) is 7.39. The number of hydrogen-bond donors (Lipinski definition) is 4. The predicted octanol–water partition coefficient (Wildman–Crippen LogP) is 6.24. The molecule has 3 heterocycles. The maximum atomic E-state index is 13.6. The lowest BCUT2D eigenvalue weighted by Gasteiger charge is -2.16. The number of rotatable bonds is 9. The van der Waals surface area contributed by atoms with Gasteiger partial charge in [0.1, 0.15) is 23.1 Å². The van der Waals surface area contributed by atoms with Crippen molar-refractivity contribution in [3.63, 3.8) is 0 Å². The zero-order chi connectivity index (χ0) is 29.7. The lowest BCUT2D eigenvalue weighted by Crippen LogP contribution is -2.28. The van der Waals surface area contributed by atoms with Crippen LogP contribution in [0.2, 0.25) is 0 Å². The van der Waals surface area contributed by atoms with Crippen molar-refractivity contribution in [3.8, 4) is 5.75 Å². The van der Waals surface area contributed by atoms with Crippen molar-refractivity contribution in [2.45, 2.75) is 32.0 Å². The average molecular weight is 597 g/mol. The predicted molar refractivity (Wildman–Crippen MR) is 155 cm³/mol. The number of pyridine rings is 1. The molecule has 9 nitrogen and oxygen atoms in total. The van der Waals surface area contributed by atoms with E-state index in [1.165, 1.54) is 18.3 Å². The zero-order valence-electron chi connectivity index (χ0n) is 22.4. The minimum atomic E-state index is -4.66. The smallest absolute Gasteiger partial charge is 0.416 e. The van der Waals surface area contributed by atoms with E-state index in [9.17, 15) is 22.8 Å². The SMILES string of the molecule is Cc1ccc(NC(=O)c2cc(OCC3CCCN3)cc(C(F)(F)F)c2)cc1NC(=O)c1cnc(Nc2ccccn2)s1. The van der Waals surface area contributed by atoms with Gasteiger partial charge in [-0.3, -0.25) is 9.59 Å². The van der Waals surface area contributed by atoms with E-state index in [0.717, 1.165) is 42.9 Å². The lowest BCUT2D eigenvalue weighted by atomic mass is 10.1. The molecule has 1 fully saturated rings. The number of halogens is 3.